The highest BCUT2D eigenvalue weighted by Gasteiger charge is 2.30. The zero-order valence-electron chi connectivity index (χ0n) is 20.5. The summed E-state index contributed by atoms with van der Waals surface area (Å²) < 4.78 is 40.3. The number of alkyl halides is 3. The fourth-order valence-electron chi connectivity index (χ4n) is 3.44. The Morgan fingerprint density at radius 2 is 1.92 bits per heavy atom. The van der Waals surface area contributed by atoms with Crippen LogP contribution < -0.4 is 0 Å². The Labute approximate surface area is 217 Å². The minimum absolute atomic E-state index is 0.0320. The van der Waals surface area contributed by atoms with Crippen molar-refractivity contribution in [2.24, 2.45) is 0 Å². The molecule has 2 amide bonds. The molecule has 196 valence electrons. The second-order valence-corrected chi connectivity index (χ2v) is 8.83. The van der Waals surface area contributed by atoms with Crippen LogP contribution in [0.2, 0.25) is 0 Å². The number of nitrogens with zero attached hydrogens (tertiary/aromatic N) is 6. The summed E-state index contributed by atoms with van der Waals surface area (Å²) in [7, 11) is 4.38. The normalized spacial score (nSPS) is 17.3. The Balaban J connectivity index is 0.000000491. The molecule has 12 heteroatoms. The van der Waals surface area contributed by atoms with Crippen molar-refractivity contribution in [2.45, 2.75) is 25.8 Å². The van der Waals surface area contributed by atoms with Gasteiger partial charge < -0.3 is 14.2 Å². The number of allylic oxidation sites excluding steroid dienone is 4. The van der Waals surface area contributed by atoms with Crippen molar-refractivity contribution in [2.75, 3.05) is 40.9 Å². The van der Waals surface area contributed by atoms with Gasteiger partial charge in [-0.25, -0.2) is 4.79 Å². The lowest BCUT2D eigenvalue weighted by Crippen LogP contribution is -2.29. The van der Waals surface area contributed by atoms with Crippen LogP contribution in [0.15, 0.2) is 57.7 Å². The van der Waals surface area contributed by atoms with Crippen LogP contribution in [0, 0.1) is 0 Å². The minimum Gasteiger partial charge on any atom is -0.415 e. The number of likely N-dealkylation sites (N-methyl/N-ethyl adjacent to an activating group) is 1. The smallest absolute Gasteiger partial charge is 0.324 e. The van der Waals surface area contributed by atoms with Crippen LogP contribution in [-0.4, -0.2) is 76.8 Å². The summed E-state index contributed by atoms with van der Waals surface area (Å²) in [6.45, 7) is 7.00. The second kappa shape index (κ2) is 14.5. The van der Waals surface area contributed by atoms with Crippen LogP contribution in [0.1, 0.15) is 30.9 Å². The maximum absolute atomic E-state index is 12.5. The topological polar surface area (TPSA) is 78.6 Å². The van der Waals surface area contributed by atoms with E-state index in [4.69, 9.17) is 4.42 Å². The van der Waals surface area contributed by atoms with Gasteiger partial charge in [0.15, 0.2) is 0 Å². The average Bonchev–Trinajstić information content (AvgIpc) is 3.61. The van der Waals surface area contributed by atoms with Gasteiger partial charge in [-0.1, -0.05) is 28.6 Å². The number of hydrogen-bond acceptors (Lipinski definition) is 6. The fraction of sp³-hybridized carbons (Fsp3) is 0.417. The zero-order chi connectivity index (χ0) is 26.7. The molecule has 0 atom stereocenters. The highest BCUT2D eigenvalue weighted by molar-refractivity contribution is 9.11. The van der Waals surface area contributed by atoms with E-state index in [1.165, 1.54) is 32.1 Å². The number of halogens is 4. The van der Waals surface area contributed by atoms with Crippen LogP contribution in [0.4, 0.5) is 18.0 Å². The van der Waals surface area contributed by atoms with Gasteiger partial charge in [0.2, 0.25) is 5.89 Å². The van der Waals surface area contributed by atoms with E-state index < -0.39 is 12.3 Å². The Morgan fingerprint density at radius 1 is 1.22 bits per heavy atom. The molecule has 2 aromatic rings. The molecule has 0 aromatic carbocycles. The minimum atomic E-state index is -2.82. The molecule has 0 unspecified atom stereocenters. The van der Waals surface area contributed by atoms with E-state index in [1.54, 1.807) is 41.1 Å². The molecule has 0 radical (unpaired) electrons. The number of aromatic nitrogens is 3. The molecule has 2 aromatic heterocycles. The lowest BCUT2D eigenvalue weighted by Gasteiger charge is -2.14. The molecule has 2 aliphatic heterocycles. The van der Waals surface area contributed by atoms with E-state index in [9.17, 15) is 18.0 Å². The van der Waals surface area contributed by atoms with Crippen molar-refractivity contribution < 1.29 is 22.4 Å². The number of amides is 2. The lowest BCUT2D eigenvalue weighted by molar-refractivity contribution is 0.116. The first-order valence-corrected chi connectivity index (χ1v) is 11.9. The monoisotopic (exact) mass is 570 g/mol. The van der Waals surface area contributed by atoms with Gasteiger partial charge in [0.05, 0.1) is 31.5 Å². The predicted octanol–water partition coefficient (Wildman–Crippen LogP) is 5.58. The van der Waals surface area contributed by atoms with Crippen molar-refractivity contribution in [1.82, 2.24) is 29.9 Å². The fourth-order valence-corrected chi connectivity index (χ4v) is 3.90. The quantitative estimate of drug-likeness (QED) is 0.422. The Morgan fingerprint density at radius 3 is 2.42 bits per heavy atom. The highest BCUT2D eigenvalue weighted by Crippen LogP contribution is 2.25. The van der Waals surface area contributed by atoms with E-state index in [2.05, 4.69) is 49.6 Å². The summed E-state index contributed by atoms with van der Waals surface area (Å²) >= 11 is 3.40. The Hall–Kier alpha value is -2.99. The third-order valence-corrected chi connectivity index (χ3v) is 5.80. The summed E-state index contributed by atoms with van der Waals surface area (Å²) in [6, 6.07) is 3.18. The van der Waals surface area contributed by atoms with E-state index >= 15 is 0 Å². The van der Waals surface area contributed by atoms with Crippen molar-refractivity contribution in [3.63, 3.8) is 0 Å². The van der Waals surface area contributed by atoms with Gasteiger partial charge in [-0.05, 0) is 57.3 Å². The summed E-state index contributed by atoms with van der Waals surface area (Å²) in [5, 5.41) is 6.87. The van der Waals surface area contributed by atoms with Gasteiger partial charge >= 0.3 is 12.5 Å². The van der Waals surface area contributed by atoms with Crippen LogP contribution >= 0.6 is 15.9 Å². The van der Waals surface area contributed by atoms with Gasteiger partial charge in [0.1, 0.15) is 0 Å². The van der Waals surface area contributed by atoms with Gasteiger partial charge in [-0.2, -0.15) is 8.78 Å². The largest absolute Gasteiger partial charge is 0.415 e. The molecule has 4 heterocycles. The number of carbonyl (C=O) groups is 1. The average molecular weight is 571 g/mol. The molecule has 0 N–H and O–H groups in total. The molecule has 0 saturated carbocycles. The second-order valence-electron chi connectivity index (χ2n) is 7.92. The molecule has 0 bridgehead atoms. The first kappa shape index (κ1) is 29.2. The summed E-state index contributed by atoms with van der Waals surface area (Å²) in [5.74, 6) is -0.767. The number of carbonyl (C=O) groups excluding carboxylic acids is 1. The molecule has 2 aliphatic rings. The van der Waals surface area contributed by atoms with Crippen molar-refractivity contribution in [1.29, 1.82) is 0 Å². The maximum Gasteiger partial charge on any atom is 0.324 e. The van der Waals surface area contributed by atoms with Gasteiger partial charge in [-0.15, -0.1) is 10.2 Å². The molecule has 4 rings (SSSR count). The van der Waals surface area contributed by atoms with Gasteiger partial charge in [0, 0.05) is 23.4 Å². The molecular formula is C24H30BrF3N6O2. The number of urea groups is 1. The van der Waals surface area contributed by atoms with E-state index in [1.807, 2.05) is 6.08 Å². The number of rotatable bonds is 6. The molecule has 2 fully saturated rings. The highest BCUT2D eigenvalue weighted by atomic mass is 79.9. The molecule has 8 nitrogen and oxygen atoms in total. The van der Waals surface area contributed by atoms with Crippen LogP contribution in [0.25, 0.3) is 11.5 Å². The third kappa shape index (κ3) is 8.30. The summed E-state index contributed by atoms with van der Waals surface area (Å²) in [6.07, 6.45) is 6.73. The Kier molecular flexibility index (Phi) is 11.8. The lowest BCUT2D eigenvalue weighted by atomic mass is 10.2. The molecule has 0 spiro atoms. The van der Waals surface area contributed by atoms with Crippen LogP contribution in [-0.2, 0) is 6.54 Å². The van der Waals surface area contributed by atoms with Crippen molar-refractivity contribution in [3.8, 4) is 11.5 Å². The number of likely N-dealkylation sites (tertiary alicyclic amines) is 1. The molecular weight excluding hydrogens is 541 g/mol. The number of hydrogen-bond donors (Lipinski definition) is 0. The van der Waals surface area contributed by atoms with Crippen LogP contribution in [0.5, 0.6) is 0 Å². The van der Waals surface area contributed by atoms with Crippen LogP contribution in [0.3, 0.4) is 0 Å². The van der Waals surface area contributed by atoms with E-state index in [0.717, 1.165) is 10.2 Å². The SMILES string of the molecule is C=C/C=C(Br)\C=C1/CN(Cc2ccc(-c3nnc(C(F)F)o3)cn2)C(=O)N1C.CF.CN1CCCC1. The maximum atomic E-state index is 12.5. The summed E-state index contributed by atoms with van der Waals surface area (Å²) in [4.78, 5) is 22.3. The third-order valence-electron chi connectivity index (χ3n) is 5.30. The van der Waals surface area contributed by atoms with Crippen molar-refractivity contribution in [3.05, 3.63) is 64.9 Å². The van der Waals surface area contributed by atoms with Crippen molar-refractivity contribution >= 4 is 22.0 Å². The van der Waals surface area contributed by atoms with Gasteiger partial charge in [0.25, 0.3) is 5.89 Å². The zero-order valence-corrected chi connectivity index (χ0v) is 22.1. The number of pyridine rings is 1. The first-order valence-electron chi connectivity index (χ1n) is 11.1. The molecule has 0 aliphatic carbocycles. The Bertz CT molecular complexity index is 1050. The summed E-state index contributed by atoms with van der Waals surface area (Å²) in [5.41, 5.74) is 1.89. The van der Waals surface area contributed by atoms with Gasteiger partial charge in [-0.3, -0.25) is 14.3 Å². The van der Waals surface area contributed by atoms with E-state index in [-0.39, 0.29) is 11.9 Å². The standard InChI is InChI=1S/C18H16BrF2N5O2.C5H11N.CH3F/c1-3-4-12(19)7-14-10-26(18(27)25(14)2)9-13-6-5-11(8-22-13)16-23-24-17(28-16)15(20)21;1-6-4-2-3-5-6;1-2/h3-8,15H,1,9-10H2,2H3;2-5H2,1H3;1H3/b12-4+,14-7+;;. The molecule has 2 saturated heterocycles. The first-order chi connectivity index (χ1) is 17.3. The van der Waals surface area contributed by atoms with E-state index in [0.29, 0.717) is 31.5 Å². The molecule has 36 heavy (non-hydrogen) atoms. The predicted molar refractivity (Wildman–Crippen MR) is 135 cm³/mol.